The molecule has 3 atom stereocenters. The van der Waals surface area contributed by atoms with Gasteiger partial charge in [-0.15, -0.1) is 0 Å². The minimum Gasteiger partial charge on any atom is -0.462 e. The zero-order chi connectivity index (χ0) is 56.0. The van der Waals surface area contributed by atoms with Crippen molar-refractivity contribution in [3.05, 3.63) is 65.5 Å². The fourth-order valence-corrected chi connectivity index (χ4v) is 10.9. The smallest absolute Gasteiger partial charge is 0.306 e. The molecule has 0 aliphatic rings. The number of nitrogens with zero attached hydrogens (tertiary/aromatic N) is 3. The Bertz CT molecular complexity index is 2290. The van der Waals surface area contributed by atoms with Gasteiger partial charge in [-0.25, -0.2) is 9.97 Å². The number of thioether (sulfide) groups is 1. The van der Waals surface area contributed by atoms with Gasteiger partial charge in [-0.05, 0) is 36.5 Å². The second-order valence-electron chi connectivity index (χ2n) is 21.6. The number of nitrogens with one attached hydrogen (secondary N) is 2. The number of esters is 2. The molecule has 0 saturated heterocycles. The first-order chi connectivity index (χ1) is 38.1. The Morgan fingerprint density at radius 2 is 1.14 bits per heavy atom. The summed E-state index contributed by atoms with van der Waals surface area (Å²) in [6, 6.07) is 13.6. The van der Waals surface area contributed by atoms with Gasteiger partial charge in [-0.2, -0.15) is 11.8 Å². The van der Waals surface area contributed by atoms with Crippen LogP contribution in [0.3, 0.4) is 0 Å². The summed E-state index contributed by atoms with van der Waals surface area (Å²) in [5.41, 5.74) is 17.1. The number of pyridine rings is 1. The lowest BCUT2D eigenvalue weighted by Gasteiger charge is -2.20. The van der Waals surface area contributed by atoms with Crippen molar-refractivity contribution in [3.8, 4) is 0 Å². The van der Waals surface area contributed by atoms with Gasteiger partial charge in [0.1, 0.15) is 30.1 Å². The van der Waals surface area contributed by atoms with E-state index < -0.39 is 36.6 Å². The number of benzene rings is 2. The van der Waals surface area contributed by atoms with Crippen LogP contribution in [0.25, 0.3) is 21.9 Å². The number of hydrogen-bond donors (Lipinski definition) is 5. The minimum atomic E-state index is -1.21. The summed E-state index contributed by atoms with van der Waals surface area (Å²) in [4.78, 5) is 61.9. The number of ether oxygens (including phenoxy) is 2. The fraction of sp³-hybridized carbons (Fsp3) is 0.683. The third kappa shape index (κ3) is 26.0. The Labute approximate surface area is 472 Å². The molecular weight excluding hydrogens is 999 g/mol. The Balaban J connectivity index is 1.20. The highest BCUT2D eigenvalue weighted by atomic mass is 32.2. The second kappa shape index (κ2) is 40.4. The molecule has 7 N–H and O–H groups in total. The number of aromatic nitrogens is 3. The van der Waals surface area contributed by atoms with Crippen LogP contribution in [0, 0.1) is 0 Å². The Morgan fingerprint density at radius 3 is 1.69 bits per heavy atom. The van der Waals surface area contributed by atoms with E-state index in [1.165, 1.54) is 140 Å². The number of hydrogen-bond acceptors (Lipinski definition) is 12. The van der Waals surface area contributed by atoms with Crippen molar-refractivity contribution in [3.63, 3.8) is 0 Å². The summed E-state index contributed by atoms with van der Waals surface area (Å²) in [7, 11) is 0. The average molecular weight is 1100 g/mol. The fourth-order valence-electron chi connectivity index (χ4n) is 9.93. The normalized spacial score (nSPS) is 12.7. The molecule has 4 rings (SSSR count). The summed E-state index contributed by atoms with van der Waals surface area (Å²) in [6.45, 7) is 6.73. The van der Waals surface area contributed by atoms with Crippen molar-refractivity contribution in [2.24, 2.45) is 5.73 Å². The van der Waals surface area contributed by atoms with Gasteiger partial charge in [0.15, 0.2) is 5.82 Å². The lowest BCUT2D eigenvalue weighted by atomic mass is 10.0. The van der Waals surface area contributed by atoms with Gasteiger partial charge in [0, 0.05) is 49.2 Å². The third-order valence-corrected chi connectivity index (χ3v) is 15.9. The van der Waals surface area contributed by atoms with Gasteiger partial charge < -0.3 is 41.2 Å². The number of aryl methyl sites for hydroxylation is 1. The number of aliphatic hydroxyl groups excluding tert-OH is 1. The van der Waals surface area contributed by atoms with Crippen LogP contribution in [0.2, 0.25) is 0 Å². The van der Waals surface area contributed by atoms with Crippen molar-refractivity contribution >= 4 is 63.3 Å². The maximum Gasteiger partial charge on any atom is 0.306 e. The lowest BCUT2D eigenvalue weighted by Crippen LogP contribution is -2.53. The SMILES string of the molecule is CCCCCCCCCCCCCCCC(=O)OC[C@H](CSC[C@H](N)C(=O)N[C@H](CO)C(=O)NCc1ccc(Cn2c(CCCC)nc3c(N)nc4ccccc4c32)cc1)OC(=O)CCCCCCCCCCCCCCC. The first-order valence-corrected chi connectivity index (χ1v) is 31.7. The monoisotopic (exact) mass is 1100 g/mol. The number of unbranched alkanes of at least 4 members (excludes halogenated alkanes) is 25. The van der Waals surface area contributed by atoms with E-state index in [4.69, 9.17) is 25.9 Å². The van der Waals surface area contributed by atoms with Crippen molar-refractivity contribution in [1.29, 1.82) is 0 Å². The van der Waals surface area contributed by atoms with Crippen LogP contribution in [0.1, 0.15) is 230 Å². The topological polar surface area (TPSA) is 214 Å². The quantitative estimate of drug-likeness (QED) is 0.0206. The molecule has 0 fully saturated rings. The molecule has 2 aromatic carbocycles. The average Bonchev–Trinajstić information content (AvgIpc) is 3.84. The maximum absolute atomic E-state index is 13.3. The second-order valence-corrected chi connectivity index (χ2v) is 22.7. The molecule has 78 heavy (non-hydrogen) atoms. The van der Waals surface area contributed by atoms with E-state index in [-0.39, 0.29) is 36.6 Å². The molecule has 0 aliphatic heterocycles. The predicted molar refractivity (Wildman–Crippen MR) is 321 cm³/mol. The number of imidazole rings is 1. The Kier molecular flexibility index (Phi) is 34.1. The third-order valence-electron chi connectivity index (χ3n) is 14.7. The highest BCUT2D eigenvalue weighted by Gasteiger charge is 2.25. The van der Waals surface area contributed by atoms with Crippen LogP contribution in [-0.4, -0.2) is 86.3 Å². The molecule has 0 spiro atoms. The van der Waals surface area contributed by atoms with E-state index in [1.807, 2.05) is 48.5 Å². The molecule has 0 unspecified atom stereocenters. The zero-order valence-electron chi connectivity index (χ0n) is 48.3. The summed E-state index contributed by atoms with van der Waals surface area (Å²) in [5.74, 6) is -0.00830. The van der Waals surface area contributed by atoms with E-state index in [2.05, 4.69) is 41.0 Å². The molecule has 0 saturated carbocycles. The molecule has 0 radical (unpaired) electrons. The number of aliphatic hydroxyl groups is 1. The van der Waals surface area contributed by atoms with Gasteiger partial charge in [0.2, 0.25) is 11.8 Å². The van der Waals surface area contributed by atoms with Gasteiger partial charge in [-0.3, -0.25) is 19.2 Å². The molecular formula is C63H101N7O7S. The van der Waals surface area contributed by atoms with Crippen LogP contribution >= 0.6 is 11.8 Å². The Hall–Kier alpha value is -4.73. The number of anilines is 1. The molecule has 0 bridgehead atoms. The zero-order valence-corrected chi connectivity index (χ0v) is 49.1. The number of nitrogens with two attached hydrogens (primary N) is 2. The molecule has 14 nitrogen and oxygen atoms in total. The van der Waals surface area contributed by atoms with Crippen LogP contribution < -0.4 is 22.1 Å². The predicted octanol–water partition coefficient (Wildman–Crippen LogP) is 13.1. The summed E-state index contributed by atoms with van der Waals surface area (Å²) in [6.07, 6.45) is 34.4. The number of nitrogen functional groups attached to an aromatic ring is 1. The van der Waals surface area contributed by atoms with Crippen LogP contribution in [0.4, 0.5) is 5.82 Å². The minimum absolute atomic E-state index is 0.0712. The van der Waals surface area contributed by atoms with Crippen LogP contribution in [0.15, 0.2) is 48.5 Å². The number of rotatable bonds is 46. The first-order valence-electron chi connectivity index (χ1n) is 30.6. The highest BCUT2D eigenvalue weighted by Crippen LogP contribution is 2.30. The van der Waals surface area contributed by atoms with Gasteiger partial charge in [0.05, 0.1) is 23.7 Å². The molecule has 2 aromatic heterocycles. The van der Waals surface area contributed by atoms with Crippen molar-refractivity contribution in [2.45, 2.75) is 251 Å². The van der Waals surface area contributed by atoms with Crippen LogP contribution in [0.5, 0.6) is 0 Å². The van der Waals surface area contributed by atoms with Crippen LogP contribution in [-0.2, 0) is 48.2 Å². The lowest BCUT2D eigenvalue weighted by molar-refractivity contribution is -0.157. The van der Waals surface area contributed by atoms with Gasteiger partial charge >= 0.3 is 11.9 Å². The van der Waals surface area contributed by atoms with Crippen molar-refractivity contribution < 1.29 is 33.8 Å². The molecule has 2 amide bonds. The number of amides is 2. The van der Waals surface area contributed by atoms with E-state index >= 15 is 0 Å². The molecule has 4 aromatic rings. The number of para-hydroxylation sites is 1. The van der Waals surface area contributed by atoms with E-state index in [0.29, 0.717) is 30.7 Å². The summed E-state index contributed by atoms with van der Waals surface area (Å²) < 4.78 is 13.7. The van der Waals surface area contributed by atoms with E-state index in [0.717, 1.165) is 91.2 Å². The maximum atomic E-state index is 13.3. The number of carbonyl (C=O) groups is 4. The molecule has 2 heterocycles. The largest absolute Gasteiger partial charge is 0.462 e. The van der Waals surface area contributed by atoms with E-state index in [1.54, 1.807) is 0 Å². The number of fused-ring (bicyclic) bond motifs is 3. The summed E-state index contributed by atoms with van der Waals surface area (Å²) >= 11 is 1.30. The number of carbonyl (C=O) groups excluding carboxylic acids is 4. The Morgan fingerprint density at radius 1 is 0.628 bits per heavy atom. The van der Waals surface area contributed by atoms with Gasteiger partial charge in [-0.1, -0.05) is 224 Å². The van der Waals surface area contributed by atoms with Gasteiger partial charge in [0.25, 0.3) is 0 Å². The molecule has 436 valence electrons. The highest BCUT2D eigenvalue weighted by molar-refractivity contribution is 7.99. The summed E-state index contributed by atoms with van der Waals surface area (Å²) in [5, 5.41) is 16.6. The van der Waals surface area contributed by atoms with Crippen molar-refractivity contribution in [1.82, 2.24) is 25.2 Å². The standard InChI is InChI=1S/C63H101N7O7S/c1-4-7-10-12-14-16-18-20-22-24-26-28-30-37-57(72)76-46-51(77-58(73)38-31-29-27-25-23-21-19-17-15-13-11-8-5-2)47-78-48-53(64)62(74)68-55(45-71)63(75)66-43-49-39-41-50(42-40-49)44-70-56(36-9-6-3)69-59-60(70)52-34-32-33-35-54(52)67-61(59)65/h32-35,39-42,51,53,55,71H,4-31,36-38,43-48,64H2,1-3H3,(H2,65,67)(H,66,75)(H,68,74)/t51-,53+,55-/m1/s1. The van der Waals surface area contributed by atoms with E-state index in [9.17, 15) is 24.3 Å². The molecule has 15 heteroatoms. The first kappa shape index (κ1) is 65.8. The molecule has 0 aliphatic carbocycles. The van der Waals surface area contributed by atoms with Crippen molar-refractivity contribution in [2.75, 3.05) is 30.5 Å².